The number of nitrogens with zero attached hydrogens (tertiary/aromatic N) is 2. The van der Waals surface area contributed by atoms with Gasteiger partial charge in [-0.1, -0.05) is 6.58 Å². The summed E-state index contributed by atoms with van der Waals surface area (Å²) in [4.78, 5) is 10.8. The minimum atomic E-state index is -0.411. The second-order valence-electron chi connectivity index (χ2n) is 1.92. The predicted octanol–water partition coefficient (Wildman–Crippen LogP) is 0.491. The molecular weight excluding hydrogens is 144 g/mol. The summed E-state index contributed by atoms with van der Waals surface area (Å²) in [6, 6.07) is 0. The number of carbonyl (C=O) groups is 1. The Kier molecular flexibility index (Phi) is 2.06. The molecule has 0 bridgehead atoms. The van der Waals surface area contributed by atoms with Gasteiger partial charge in [0.25, 0.3) is 6.33 Å². The van der Waals surface area contributed by atoms with Crippen LogP contribution in [-0.4, -0.2) is 17.8 Å². The van der Waals surface area contributed by atoms with Crippen LogP contribution in [0.25, 0.3) is 6.20 Å². The Hall–Kier alpha value is -1.58. The summed E-state index contributed by atoms with van der Waals surface area (Å²) in [6.45, 7) is 3.53. The molecule has 58 valence electrons. The zero-order valence-corrected chi connectivity index (χ0v) is 6.23. The van der Waals surface area contributed by atoms with Gasteiger partial charge in [-0.05, 0) is 0 Å². The lowest BCUT2D eigenvalue weighted by molar-refractivity contribution is -0.584. The molecule has 0 atom stereocenters. The van der Waals surface area contributed by atoms with Gasteiger partial charge in [-0.15, -0.1) is 4.57 Å². The molecule has 0 N–H and O–H groups in total. The average Bonchev–Trinajstić information content (AvgIpc) is 2.50. The summed E-state index contributed by atoms with van der Waals surface area (Å²) < 4.78 is 7.44. The van der Waals surface area contributed by atoms with Gasteiger partial charge < -0.3 is 4.74 Å². The molecule has 1 aromatic heterocycles. The summed E-state index contributed by atoms with van der Waals surface area (Å²) in [6.07, 6.45) is 6.03. The quantitative estimate of drug-likeness (QED) is 0.550. The monoisotopic (exact) mass is 153 g/mol. The van der Waals surface area contributed by atoms with Crippen molar-refractivity contribution in [3.63, 3.8) is 0 Å². The lowest BCUT2D eigenvalue weighted by Crippen LogP contribution is -2.40. The van der Waals surface area contributed by atoms with Gasteiger partial charge in [-0.2, -0.15) is 4.79 Å². The number of methoxy groups -OCH3 is 1. The van der Waals surface area contributed by atoms with Gasteiger partial charge in [0.1, 0.15) is 12.4 Å². The van der Waals surface area contributed by atoms with Crippen molar-refractivity contribution in [3.8, 4) is 0 Å². The average molecular weight is 153 g/mol. The Labute approximate surface area is 64.3 Å². The Morgan fingerprint density at radius 1 is 1.82 bits per heavy atom. The Balaban J connectivity index is 2.88. The fourth-order valence-corrected chi connectivity index (χ4v) is 0.691. The van der Waals surface area contributed by atoms with Gasteiger partial charge in [-0.3, -0.25) is 0 Å². The maximum absolute atomic E-state index is 10.8. The maximum atomic E-state index is 10.8. The molecule has 0 saturated carbocycles. The number of aromatic nitrogens is 2. The smallest absolute Gasteiger partial charge is 0.434 e. The summed E-state index contributed by atoms with van der Waals surface area (Å²) in [5.74, 6) is 0. The second-order valence-corrected chi connectivity index (χ2v) is 1.92. The van der Waals surface area contributed by atoms with Gasteiger partial charge in [0, 0.05) is 0 Å². The van der Waals surface area contributed by atoms with Crippen LogP contribution in [0.2, 0.25) is 0 Å². The van der Waals surface area contributed by atoms with E-state index in [0.29, 0.717) is 0 Å². The number of ether oxygens (including phenoxy) is 1. The van der Waals surface area contributed by atoms with E-state index in [0.717, 1.165) is 0 Å². The third-order valence-corrected chi connectivity index (χ3v) is 1.25. The van der Waals surface area contributed by atoms with Crippen molar-refractivity contribution < 1.29 is 14.1 Å². The predicted molar refractivity (Wildman–Crippen MR) is 38.8 cm³/mol. The van der Waals surface area contributed by atoms with Crippen LogP contribution < -0.4 is 4.57 Å². The van der Waals surface area contributed by atoms with E-state index >= 15 is 0 Å². The molecule has 0 aliphatic heterocycles. The Morgan fingerprint density at radius 3 is 3.00 bits per heavy atom. The molecule has 1 rings (SSSR count). The molecule has 11 heavy (non-hydrogen) atoms. The van der Waals surface area contributed by atoms with Gasteiger partial charge >= 0.3 is 6.09 Å². The number of hydrogen-bond acceptors (Lipinski definition) is 2. The molecule has 1 heterocycles. The molecule has 0 aliphatic carbocycles. The van der Waals surface area contributed by atoms with Crippen LogP contribution in [0.1, 0.15) is 0 Å². The summed E-state index contributed by atoms with van der Waals surface area (Å²) in [5.41, 5.74) is 0. The second kappa shape index (κ2) is 3.01. The molecule has 0 spiro atoms. The van der Waals surface area contributed by atoms with Crippen molar-refractivity contribution >= 4 is 12.3 Å². The molecule has 0 fully saturated rings. The lowest BCUT2D eigenvalue weighted by atomic mass is 10.8. The SMILES string of the molecule is C=Cn1cc[n+](C(=O)OC)c1. The first-order valence-corrected chi connectivity index (χ1v) is 3.07. The number of rotatable bonds is 1. The van der Waals surface area contributed by atoms with Crippen molar-refractivity contribution in [3.05, 3.63) is 25.3 Å². The van der Waals surface area contributed by atoms with Crippen LogP contribution in [-0.2, 0) is 4.74 Å². The van der Waals surface area contributed by atoms with E-state index in [2.05, 4.69) is 11.3 Å². The van der Waals surface area contributed by atoms with Gasteiger partial charge in [0.2, 0.25) is 0 Å². The highest BCUT2D eigenvalue weighted by Gasteiger charge is 2.10. The summed E-state index contributed by atoms with van der Waals surface area (Å²) in [5, 5.41) is 0. The van der Waals surface area contributed by atoms with E-state index in [1.807, 2.05) is 0 Å². The Bertz CT molecular complexity index is 278. The first-order chi connectivity index (χ1) is 5.27. The van der Waals surface area contributed by atoms with Crippen molar-refractivity contribution in [1.82, 2.24) is 4.57 Å². The zero-order valence-electron chi connectivity index (χ0n) is 6.23. The van der Waals surface area contributed by atoms with Gasteiger partial charge in [0.15, 0.2) is 0 Å². The third-order valence-electron chi connectivity index (χ3n) is 1.25. The normalized spacial score (nSPS) is 9.18. The minimum absolute atomic E-state index is 0.411. The van der Waals surface area contributed by atoms with Crippen LogP contribution in [0.15, 0.2) is 25.3 Å². The van der Waals surface area contributed by atoms with Crippen molar-refractivity contribution in [2.45, 2.75) is 0 Å². The molecule has 1 aromatic rings. The Morgan fingerprint density at radius 2 is 2.55 bits per heavy atom. The first kappa shape index (κ1) is 7.53. The van der Waals surface area contributed by atoms with Crippen LogP contribution >= 0.6 is 0 Å². The van der Waals surface area contributed by atoms with Crippen molar-refractivity contribution in [2.24, 2.45) is 0 Å². The van der Waals surface area contributed by atoms with Crippen LogP contribution in [0.5, 0.6) is 0 Å². The van der Waals surface area contributed by atoms with E-state index in [-0.39, 0.29) is 0 Å². The molecular formula is C7H9N2O2+. The highest BCUT2D eigenvalue weighted by atomic mass is 16.5. The highest BCUT2D eigenvalue weighted by Crippen LogP contribution is 1.83. The largest absolute Gasteiger partial charge is 0.511 e. The minimum Gasteiger partial charge on any atom is -0.434 e. The van der Waals surface area contributed by atoms with Gasteiger partial charge in [0.05, 0.1) is 13.3 Å². The van der Waals surface area contributed by atoms with E-state index in [4.69, 9.17) is 0 Å². The molecule has 0 aliphatic rings. The molecule has 0 aromatic carbocycles. The van der Waals surface area contributed by atoms with Crippen molar-refractivity contribution in [1.29, 1.82) is 0 Å². The molecule has 0 amide bonds. The number of imidazole rings is 1. The van der Waals surface area contributed by atoms with E-state index in [9.17, 15) is 4.79 Å². The zero-order chi connectivity index (χ0) is 8.27. The fourth-order valence-electron chi connectivity index (χ4n) is 0.691. The van der Waals surface area contributed by atoms with Gasteiger partial charge in [-0.25, -0.2) is 4.57 Å². The fraction of sp³-hybridized carbons (Fsp3) is 0.143. The maximum Gasteiger partial charge on any atom is 0.511 e. The van der Waals surface area contributed by atoms with E-state index in [1.165, 1.54) is 11.7 Å². The van der Waals surface area contributed by atoms with E-state index < -0.39 is 6.09 Å². The standard InChI is InChI=1S/C7H9N2O2/c1-3-8-4-5-9(6-8)7(10)11-2/h3-6H,1H2,2H3/q+1. The lowest BCUT2D eigenvalue weighted by Gasteiger charge is -1.88. The number of carbonyl (C=O) groups excluding carboxylic acids is 1. The van der Waals surface area contributed by atoms with Crippen LogP contribution in [0, 0.1) is 0 Å². The summed E-state index contributed by atoms with van der Waals surface area (Å²) >= 11 is 0. The molecule has 4 nitrogen and oxygen atoms in total. The van der Waals surface area contributed by atoms with Crippen LogP contribution in [0.4, 0.5) is 4.79 Å². The van der Waals surface area contributed by atoms with E-state index in [1.54, 1.807) is 29.5 Å². The summed E-state index contributed by atoms with van der Waals surface area (Å²) in [7, 11) is 1.33. The topological polar surface area (TPSA) is 35.1 Å². The molecule has 0 radical (unpaired) electrons. The third kappa shape index (κ3) is 1.46. The highest BCUT2D eigenvalue weighted by molar-refractivity contribution is 5.56. The number of hydrogen-bond donors (Lipinski definition) is 0. The van der Waals surface area contributed by atoms with Crippen molar-refractivity contribution in [2.75, 3.05) is 7.11 Å². The molecule has 0 unspecified atom stereocenters. The first-order valence-electron chi connectivity index (χ1n) is 3.07. The van der Waals surface area contributed by atoms with Crippen LogP contribution in [0.3, 0.4) is 0 Å². The molecule has 0 saturated heterocycles. The molecule has 4 heteroatoms.